The predicted octanol–water partition coefficient (Wildman–Crippen LogP) is 3.88. The molecule has 0 radical (unpaired) electrons. The van der Waals surface area contributed by atoms with Crippen LogP contribution in [0.3, 0.4) is 0 Å². The van der Waals surface area contributed by atoms with Gasteiger partial charge >= 0.3 is 5.97 Å². The lowest BCUT2D eigenvalue weighted by molar-refractivity contribution is -0.119. The van der Waals surface area contributed by atoms with Gasteiger partial charge in [0.05, 0.1) is 17.4 Å². The Morgan fingerprint density at radius 3 is 2.35 bits per heavy atom. The third-order valence-electron chi connectivity index (χ3n) is 3.12. The van der Waals surface area contributed by atoms with Crippen molar-refractivity contribution >= 4 is 17.6 Å². The van der Waals surface area contributed by atoms with E-state index in [0.717, 1.165) is 0 Å². The molecule has 0 aliphatic carbocycles. The van der Waals surface area contributed by atoms with Gasteiger partial charge in [0.1, 0.15) is 5.75 Å². The zero-order chi connectivity index (χ0) is 17.4. The molecule has 0 bridgehead atoms. The number of amides is 1. The number of carboxylic acid groups (broad SMARTS) is 1. The van der Waals surface area contributed by atoms with Crippen LogP contribution in [0.4, 0.5) is 5.69 Å². The van der Waals surface area contributed by atoms with Crippen molar-refractivity contribution in [3.63, 3.8) is 0 Å². The maximum Gasteiger partial charge on any atom is 0.335 e. The Balaban J connectivity index is 3.08. The minimum absolute atomic E-state index is 0.0837. The van der Waals surface area contributed by atoms with Crippen LogP contribution in [0.25, 0.3) is 0 Å². The van der Waals surface area contributed by atoms with Gasteiger partial charge in [0.15, 0.2) is 0 Å². The molecule has 0 fully saturated rings. The van der Waals surface area contributed by atoms with Crippen molar-refractivity contribution < 1.29 is 19.4 Å². The molecule has 0 saturated heterocycles. The van der Waals surface area contributed by atoms with Crippen LogP contribution in [0.1, 0.15) is 37.0 Å². The summed E-state index contributed by atoms with van der Waals surface area (Å²) in [7, 11) is 0. The summed E-state index contributed by atoms with van der Waals surface area (Å²) in [6, 6.07) is 4.40. The third kappa shape index (κ3) is 5.62. The van der Waals surface area contributed by atoms with E-state index in [0.29, 0.717) is 24.3 Å². The quantitative estimate of drug-likeness (QED) is 0.678. The number of carboxylic acids is 1. The molecule has 0 heterocycles. The molecule has 0 aliphatic heterocycles. The van der Waals surface area contributed by atoms with Crippen molar-refractivity contribution in [2.45, 2.75) is 32.8 Å². The van der Waals surface area contributed by atoms with Gasteiger partial charge in [-0.2, -0.15) is 0 Å². The third-order valence-corrected chi connectivity index (χ3v) is 3.12. The van der Waals surface area contributed by atoms with Crippen molar-refractivity contribution in [1.82, 2.24) is 0 Å². The molecule has 0 aromatic heterocycles. The zero-order valence-electron chi connectivity index (χ0n) is 13.5. The predicted molar refractivity (Wildman–Crippen MR) is 90.9 cm³/mol. The summed E-state index contributed by atoms with van der Waals surface area (Å²) in [4.78, 5) is 23.5. The van der Waals surface area contributed by atoms with E-state index >= 15 is 0 Å². The first-order chi connectivity index (χ1) is 10.9. The van der Waals surface area contributed by atoms with Gasteiger partial charge in [-0.3, -0.25) is 4.79 Å². The molecule has 2 N–H and O–H groups in total. The number of aromatic carboxylic acids is 1. The summed E-state index contributed by atoms with van der Waals surface area (Å²) in [5, 5.41) is 11.9. The van der Waals surface area contributed by atoms with E-state index < -0.39 is 5.97 Å². The molecule has 0 saturated carbocycles. The highest BCUT2D eigenvalue weighted by atomic mass is 16.5. The van der Waals surface area contributed by atoms with Gasteiger partial charge in [0.2, 0.25) is 5.91 Å². The molecular weight excluding hydrogens is 294 g/mol. The maximum absolute atomic E-state index is 12.4. The van der Waals surface area contributed by atoms with E-state index in [9.17, 15) is 9.59 Å². The number of carbonyl (C=O) groups is 2. The van der Waals surface area contributed by atoms with Crippen LogP contribution in [-0.2, 0) is 4.79 Å². The van der Waals surface area contributed by atoms with Gasteiger partial charge in [-0.1, -0.05) is 12.2 Å². The highest BCUT2D eigenvalue weighted by Gasteiger charge is 2.19. The van der Waals surface area contributed by atoms with E-state index in [1.807, 2.05) is 13.8 Å². The summed E-state index contributed by atoms with van der Waals surface area (Å²) in [6.07, 6.45) is 4.27. The van der Waals surface area contributed by atoms with Gasteiger partial charge in [-0.25, -0.2) is 4.79 Å². The standard InChI is InChI=1S/C18H23NO4/c1-5-7-13(8-6-2)17(20)19-15-11-14(18(21)22)9-10-16(15)23-12(3)4/h5-6,9-13H,1-2,7-8H2,3-4H3,(H,19,20)(H,21,22). The van der Waals surface area contributed by atoms with Crippen LogP contribution < -0.4 is 10.1 Å². The fraction of sp³-hybridized carbons (Fsp3) is 0.333. The van der Waals surface area contributed by atoms with Crippen LogP contribution in [0.5, 0.6) is 5.75 Å². The Morgan fingerprint density at radius 2 is 1.87 bits per heavy atom. The Morgan fingerprint density at radius 1 is 1.26 bits per heavy atom. The number of carbonyl (C=O) groups excluding carboxylic acids is 1. The van der Waals surface area contributed by atoms with Crippen LogP contribution in [0.15, 0.2) is 43.5 Å². The van der Waals surface area contributed by atoms with Crippen LogP contribution in [-0.4, -0.2) is 23.1 Å². The van der Waals surface area contributed by atoms with Gasteiger partial charge < -0.3 is 15.2 Å². The second kappa shape index (κ2) is 8.78. The van der Waals surface area contributed by atoms with Crippen molar-refractivity contribution in [2.24, 2.45) is 5.92 Å². The molecule has 1 amide bonds. The largest absolute Gasteiger partial charge is 0.489 e. The summed E-state index contributed by atoms with van der Waals surface area (Å²) in [5.41, 5.74) is 0.433. The number of ether oxygens (including phenoxy) is 1. The number of rotatable bonds is 9. The summed E-state index contributed by atoms with van der Waals surface area (Å²) in [5.74, 6) is -1.15. The minimum Gasteiger partial charge on any atom is -0.489 e. The second-order valence-corrected chi connectivity index (χ2v) is 5.42. The molecule has 23 heavy (non-hydrogen) atoms. The first kappa shape index (κ1) is 18.5. The van der Waals surface area contributed by atoms with Crippen LogP contribution in [0, 0.1) is 5.92 Å². The number of hydrogen-bond acceptors (Lipinski definition) is 3. The van der Waals surface area contributed by atoms with Crippen molar-refractivity contribution in [1.29, 1.82) is 0 Å². The topological polar surface area (TPSA) is 75.6 Å². The molecular formula is C18H23NO4. The lowest BCUT2D eigenvalue weighted by atomic mass is 10.00. The average Bonchev–Trinajstić information content (AvgIpc) is 2.48. The van der Waals surface area contributed by atoms with Gasteiger partial charge in [-0.15, -0.1) is 13.2 Å². The van der Waals surface area contributed by atoms with Crippen molar-refractivity contribution in [2.75, 3.05) is 5.32 Å². The highest BCUT2D eigenvalue weighted by molar-refractivity contribution is 5.96. The van der Waals surface area contributed by atoms with E-state index in [1.165, 1.54) is 12.1 Å². The fourth-order valence-electron chi connectivity index (χ4n) is 2.06. The molecule has 0 spiro atoms. The lowest BCUT2D eigenvalue weighted by Gasteiger charge is -2.18. The molecule has 0 aliphatic rings. The van der Waals surface area contributed by atoms with Crippen molar-refractivity contribution in [3.8, 4) is 5.75 Å². The maximum atomic E-state index is 12.4. The van der Waals surface area contributed by atoms with Crippen molar-refractivity contribution in [3.05, 3.63) is 49.1 Å². The Labute approximate surface area is 136 Å². The average molecular weight is 317 g/mol. The minimum atomic E-state index is -1.06. The normalized spacial score (nSPS) is 10.4. The van der Waals surface area contributed by atoms with E-state index in [4.69, 9.17) is 9.84 Å². The number of allylic oxidation sites excluding steroid dienone is 2. The molecule has 5 heteroatoms. The summed E-state index contributed by atoms with van der Waals surface area (Å²) >= 11 is 0. The molecule has 5 nitrogen and oxygen atoms in total. The number of hydrogen-bond donors (Lipinski definition) is 2. The summed E-state index contributed by atoms with van der Waals surface area (Å²) < 4.78 is 5.63. The van der Waals surface area contributed by atoms with Gasteiger partial charge in [0.25, 0.3) is 0 Å². The molecule has 0 atom stereocenters. The van der Waals surface area contributed by atoms with E-state index in [2.05, 4.69) is 18.5 Å². The van der Waals surface area contributed by atoms with E-state index in [-0.39, 0.29) is 23.5 Å². The Kier molecular flexibility index (Phi) is 7.06. The van der Waals surface area contributed by atoms with E-state index in [1.54, 1.807) is 18.2 Å². The monoisotopic (exact) mass is 317 g/mol. The zero-order valence-corrected chi connectivity index (χ0v) is 13.5. The summed E-state index contributed by atoms with van der Waals surface area (Å²) in [6.45, 7) is 11.0. The highest BCUT2D eigenvalue weighted by Crippen LogP contribution is 2.28. The molecule has 1 rings (SSSR count). The Bertz CT molecular complexity index is 583. The first-order valence-electron chi connectivity index (χ1n) is 7.45. The smallest absolute Gasteiger partial charge is 0.335 e. The second-order valence-electron chi connectivity index (χ2n) is 5.42. The van der Waals surface area contributed by atoms with Crippen LogP contribution >= 0.6 is 0 Å². The molecule has 1 aromatic rings. The number of nitrogens with one attached hydrogen (secondary N) is 1. The first-order valence-corrected chi connectivity index (χ1v) is 7.45. The molecule has 124 valence electrons. The van der Waals surface area contributed by atoms with Crippen LogP contribution in [0.2, 0.25) is 0 Å². The lowest BCUT2D eigenvalue weighted by Crippen LogP contribution is -2.23. The SMILES string of the molecule is C=CCC(CC=C)C(=O)Nc1cc(C(=O)O)ccc1OC(C)C. The fourth-order valence-corrected chi connectivity index (χ4v) is 2.06. The van der Waals surface area contributed by atoms with Gasteiger partial charge in [0, 0.05) is 5.92 Å². The molecule has 1 aromatic carbocycles. The molecule has 0 unspecified atom stereocenters. The number of benzene rings is 1. The Hall–Kier alpha value is -2.56. The number of anilines is 1. The van der Waals surface area contributed by atoms with Gasteiger partial charge in [-0.05, 0) is 44.9 Å².